The molecule has 1 rings (SSSR count). The number of unbranched alkanes of at least 4 members (excludes halogenated alkanes) is 3. The van der Waals surface area contributed by atoms with Crippen LogP contribution in [0, 0.1) is 0 Å². The molecule has 0 radical (unpaired) electrons. The van der Waals surface area contributed by atoms with E-state index in [0.717, 1.165) is 7.11 Å². The first kappa shape index (κ1) is 66.1. The SMILES string of the molecule is COC(=O)[C@@H](C)NC(=O)[C@H](CCCCNC(=O)OC(C)(C)C)NC(=O)[C@@H](C)NC(=O)[C@H](CCCCNC(=O)OC(C)(C)C)NC(=O)[C@@H](C)NC(=O)[C@H](CCCCNC(=O)OC(C)(C)C)NC(=O)OCc1ccccc1. The smallest absolute Gasteiger partial charge is 0.408 e. The molecule has 0 heterocycles. The standard InChI is InChI=1S/C51H85N9O15/c1-32(39(61)59-37(42(64)57-34(3)44(66)71-13)26-18-21-29-53-46(68)74-50(7,8)9)55-41(63)36(25-17-20-28-52-45(67)73-49(4,5)6)58-40(62)33(2)56-43(65)38(27-19-22-30-54-47(69)75-51(10,11)12)60-48(70)72-31-35-23-15-14-16-24-35/h14-16,23-24,32-34,36-38H,17-22,25-31H2,1-13H3,(H,52,67)(H,53,68)(H,54,69)(H,55,63)(H,56,65)(H,57,64)(H,58,62)(H,59,61)(H,60,70)/t32-,33-,34-,36+,37+,38+/m1/s1. The molecule has 0 aliphatic rings. The number of esters is 1. The Bertz CT molecular complexity index is 2020. The van der Waals surface area contributed by atoms with Gasteiger partial charge in [-0.05, 0) is 146 Å². The lowest BCUT2D eigenvalue weighted by Crippen LogP contribution is -2.58. The van der Waals surface area contributed by atoms with Gasteiger partial charge in [-0.3, -0.25) is 24.0 Å². The second-order valence-electron chi connectivity index (χ2n) is 20.9. The maximum absolute atomic E-state index is 13.9. The highest BCUT2D eigenvalue weighted by molar-refractivity contribution is 5.96. The van der Waals surface area contributed by atoms with Gasteiger partial charge in [-0.25, -0.2) is 24.0 Å². The van der Waals surface area contributed by atoms with Gasteiger partial charge >= 0.3 is 30.3 Å². The van der Waals surface area contributed by atoms with Crippen LogP contribution < -0.4 is 47.9 Å². The fourth-order valence-corrected chi connectivity index (χ4v) is 6.55. The number of carbonyl (C=O) groups excluding carboxylic acids is 10. The van der Waals surface area contributed by atoms with Gasteiger partial charge in [-0.2, -0.15) is 0 Å². The Morgan fingerprint density at radius 2 is 0.760 bits per heavy atom. The molecular formula is C51H85N9O15. The summed E-state index contributed by atoms with van der Waals surface area (Å²) in [7, 11) is 1.15. The van der Waals surface area contributed by atoms with Crippen LogP contribution in [0.5, 0.6) is 0 Å². The van der Waals surface area contributed by atoms with Crippen molar-refractivity contribution in [2.75, 3.05) is 26.7 Å². The van der Waals surface area contributed by atoms with Crippen LogP contribution in [0.4, 0.5) is 19.2 Å². The van der Waals surface area contributed by atoms with Crippen molar-refractivity contribution in [1.29, 1.82) is 0 Å². The van der Waals surface area contributed by atoms with Crippen molar-refractivity contribution in [2.45, 2.75) is 201 Å². The Labute approximate surface area is 441 Å². The largest absolute Gasteiger partial charge is 0.467 e. The molecule has 0 saturated heterocycles. The van der Waals surface area contributed by atoms with Crippen LogP contribution in [-0.2, 0) is 59.1 Å². The van der Waals surface area contributed by atoms with E-state index in [-0.39, 0.29) is 51.9 Å². The van der Waals surface area contributed by atoms with Gasteiger partial charge in [-0.15, -0.1) is 0 Å². The number of nitrogens with one attached hydrogen (secondary N) is 9. The zero-order valence-corrected chi connectivity index (χ0v) is 46.2. The summed E-state index contributed by atoms with van der Waals surface area (Å²) in [5, 5.41) is 23.4. The van der Waals surface area contributed by atoms with E-state index in [4.69, 9.17) is 23.7 Å². The molecular weight excluding hydrogens is 979 g/mol. The van der Waals surface area contributed by atoms with Crippen LogP contribution in [0.3, 0.4) is 0 Å². The van der Waals surface area contributed by atoms with E-state index < -0.39 is 113 Å². The molecule has 0 aliphatic heterocycles. The summed E-state index contributed by atoms with van der Waals surface area (Å²) < 4.78 is 25.8. The van der Waals surface area contributed by atoms with E-state index in [1.54, 1.807) is 92.6 Å². The zero-order chi connectivity index (χ0) is 56.9. The summed E-state index contributed by atoms with van der Waals surface area (Å²) in [6.07, 6.45) is -0.542. The minimum absolute atomic E-state index is 0.00508. The quantitative estimate of drug-likeness (QED) is 0.0311. The first-order chi connectivity index (χ1) is 34.9. The van der Waals surface area contributed by atoms with Crippen molar-refractivity contribution < 1.29 is 71.6 Å². The van der Waals surface area contributed by atoms with Gasteiger partial charge in [-0.1, -0.05) is 30.3 Å². The third-order valence-corrected chi connectivity index (χ3v) is 10.3. The monoisotopic (exact) mass is 1060 g/mol. The average molecular weight is 1060 g/mol. The van der Waals surface area contributed by atoms with Gasteiger partial charge in [0.05, 0.1) is 7.11 Å². The third kappa shape index (κ3) is 31.5. The molecule has 24 nitrogen and oxygen atoms in total. The molecule has 1 aromatic carbocycles. The molecule has 0 bridgehead atoms. The van der Waals surface area contributed by atoms with Gasteiger partial charge < -0.3 is 71.5 Å². The minimum atomic E-state index is -1.29. The molecule has 0 saturated carbocycles. The molecule has 75 heavy (non-hydrogen) atoms. The molecule has 0 unspecified atom stereocenters. The van der Waals surface area contributed by atoms with Crippen molar-refractivity contribution in [3.05, 3.63) is 35.9 Å². The Balaban J connectivity index is 3.22. The Morgan fingerprint density at radius 3 is 1.09 bits per heavy atom. The Hall–Kier alpha value is -6.88. The number of hydrogen-bond donors (Lipinski definition) is 9. The molecule has 0 aromatic heterocycles. The topological polar surface area (TPSA) is 325 Å². The van der Waals surface area contributed by atoms with Crippen molar-refractivity contribution >= 4 is 59.9 Å². The molecule has 0 aliphatic carbocycles. The second kappa shape index (κ2) is 33.1. The summed E-state index contributed by atoms with van der Waals surface area (Å²) in [5.74, 6) is -4.55. The lowest BCUT2D eigenvalue weighted by Gasteiger charge is -2.25. The average Bonchev–Trinajstić information content (AvgIpc) is 3.29. The molecule has 424 valence electrons. The molecule has 6 atom stereocenters. The van der Waals surface area contributed by atoms with E-state index in [0.29, 0.717) is 37.7 Å². The first-order valence-corrected chi connectivity index (χ1v) is 25.4. The normalized spacial score (nSPS) is 13.8. The van der Waals surface area contributed by atoms with Gasteiger partial charge in [0.15, 0.2) is 0 Å². The number of benzene rings is 1. The van der Waals surface area contributed by atoms with E-state index in [2.05, 4.69) is 47.9 Å². The van der Waals surface area contributed by atoms with Crippen LogP contribution in [0.2, 0.25) is 0 Å². The molecule has 9 amide bonds. The molecule has 1 aromatic rings. The highest BCUT2D eigenvalue weighted by Crippen LogP contribution is 2.11. The number of carbonyl (C=O) groups is 10. The predicted octanol–water partition coefficient (Wildman–Crippen LogP) is 4.02. The summed E-state index contributed by atoms with van der Waals surface area (Å²) in [6.45, 7) is 20.1. The van der Waals surface area contributed by atoms with E-state index >= 15 is 0 Å². The van der Waals surface area contributed by atoms with Crippen molar-refractivity contribution in [1.82, 2.24) is 47.9 Å². The number of alkyl carbamates (subject to hydrolysis) is 4. The maximum atomic E-state index is 13.9. The molecule has 0 fully saturated rings. The van der Waals surface area contributed by atoms with E-state index in [9.17, 15) is 47.9 Å². The van der Waals surface area contributed by atoms with E-state index in [1.165, 1.54) is 20.8 Å². The lowest BCUT2D eigenvalue weighted by atomic mass is 10.1. The van der Waals surface area contributed by atoms with Crippen molar-refractivity contribution in [3.8, 4) is 0 Å². The van der Waals surface area contributed by atoms with Gasteiger partial charge in [0.1, 0.15) is 59.7 Å². The number of amides is 9. The summed E-state index contributed by atoms with van der Waals surface area (Å²) in [4.78, 5) is 130. The van der Waals surface area contributed by atoms with Gasteiger partial charge in [0, 0.05) is 19.6 Å². The van der Waals surface area contributed by atoms with Gasteiger partial charge in [0.25, 0.3) is 0 Å². The number of methoxy groups -OCH3 is 1. The number of ether oxygens (including phenoxy) is 5. The fraction of sp³-hybridized carbons (Fsp3) is 0.686. The van der Waals surface area contributed by atoms with Crippen LogP contribution >= 0.6 is 0 Å². The lowest BCUT2D eigenvalue weighted by molar-refractivity contribution is -0.145. The van der Waals surface area contributed by atoms with Crippen LogP contribution in [0.1, 0.15) is 146 Å². The second-order valence-corrected chi connectivity index (χ2v) is 20.9. The van der Waals surface area contributed by atoms with Crippen LogP contribution in [-0.4, -0.2) is 140 Å². The van der Waals surface area contributed by atoms with Crippen molar-refractivity contribution in [2.24, 2.45) is 0 Å². The van der Waals surface area contributed by atoms with E-state index in [1.807, 2.05) is 0 Å². The minimum Gasteiger partial charge on any atom is -0.467 e. The highest BCUT2D eigenvalue weighted by Gasteiger charge is 2.31. The summed E-state index contributed by atoms with van der Waals surface area (Å²) in [5.41, 5.74) is -1.44. The maximum Gasteiger partial charge on any atom is 0.408 e. The molecule has 24 heteroatoms. The number of hydrogen-bond acceptors (Lipinski definition) is 15. The van der Waals surface area contributed by atoms with Crippen molar-refractivity contribution in [3.63, 3.8) is 0 Å². The Kier molecular flexibility index (Phi) is 29.2. The van der Waals surface area contributed by atoms with Gasteiger partial charge in [0.2, 0.25) is 29.5 Å². The number of rotatable bonds is 29. The Morgan fingerprint density at radius 1 is 0.427 bits per heavy atom. The van der Waals surface area contributed by atoms with Crippen LogP contribution in [0.25, 0.3) is 0 Å². The first-order valence-electron chi connectivity index (χ1n) is 25.4. The molecule has 0 spiro atoms. The summed E-state index contributed by atoms with van der Waals surface area (Å²) in [6, 6.07) is 1.58. The summed E-state index contributed by atoms with van der Waals surface area (Å²) >= 11 is 0. The predicted molar refractivity (Wildman–Crippen MR) is 277 cm³/mol. The molecule has 9 N–H and O–H groups in total. The highest BCUT2D eigenvalue weighted by atomic mass is 16.6. The third-order valence-electron chi connectivity index (χ3n) is 10.3. The fourth-order valence-electron chi connectivity index (χ4n) is 6.55. The zero-order valence-electron chi connectivity index (χ0n) is 46.2. The van der Waals surface area contributed by atoms with Crippen LogP contribution in [0.15, 0.2) is 30.3 Å².